The fraction of sp³-hybridized carbons (Fsp3) is 0.200. The Kier molecular flexibility index (Phi) is 5.39. The van der Waals surface area contributed by atoms with Crippen LogP contribution in [0, 0.1) is 32.1 Å². The van der Waals surface area contributed by atoms with Crippen LogP contribution >= 0.6 is 0 Å². The van der Waals surface area contributed by atoms with Gasteiger partial charge in [0, 0.05) is 5.69 Å². The van der Waals surface area contributed by atoms with Crippen molar-refractivity contribution >= 4 is 17.7 Å². The molecule has 2 aromatic carbocycles. The SMILES string of the molecule is COc1ccc(/C=C(\C#N)C(=O)Nc2ccc(C)cc2C)cc1C. The highest BCUT2D eigenvalue weighted by Gasteiger charge is 2.11. The van der Waals surface area contributed by atoms with E-state index in [0.717, 1.165) is 28.0 Å². The van der Waals surface area contributed by atoms with E-state index in [1.807, 2.05) is 63.2 Å². The standard InChI is InChI=1S/C20H20N2O2/c1-13-5-7-18(14(2)9-13)22-20(23)17(12-21)11-16-6-8-19(24-4)15(3)10-16/h5-11H,1-4H3,(H,22,23)/b17-11+. The summed E-state index contributed by atoms with van der Waals surface area (Å²) in [6.07, 6.45) is 1.57. The molecule has 0 bridgehead atoms. The van der Waals surface area contributed by atoms with E-state index in [1.165, 1.54) is 0 Å². The maximum Gasteiger partial charge on any atom is 0.266 e. The average Bonchev–Trinajstić information content (AvgIpc) is 2.55. The molecular formula is C20H20N2O2. The number of aryl methyl sites for hydroxylation is 3. The van der Waals surface area contributed by atoms with Gasteiger partial charge < -0.3 is 10.1 Å². The van der Waals surface area contributed by atoms with Crippen molar-refractivity contribution in [2.45, 2.75) is 20.8 Å². The molecular weight excluding hydrogens is 300 g/mol. The molecule has 0 aromatic heterocycles. The van der Waals surface area contributed by atoms with Crippen molar-refractivity contribution in [1.29, 1.82) is 5.26 Å². The Hall–Kier alpha value is -3.06. The molecule has 0 spiro atoms. The van der Waals surface area contributed by atoms with Gasteiger partial charge in [-0.05, 0) is 61.7 Å². The molecule has 4 nitrogen and oxygen atoms in total. The Balaban J connectivity index is 2.25. The molecule has 24 heavy (non-hydrogen) atoms. The molecule has 0 saturated heterocycles. The molecule has 0 aliphatic rings. The van der Waals surface area contributed by atoms with Crippen LogP contribution in [0.25, 0.3) is 6.08 Å². The smallest absolute Gasteiger partial charge is 0.266 e. The van der Waals surface area contributed by atoms with Crippen molar-refractivity contribution in [2.24, 2.45) is 0 Å². The summed E-state index contributed by atoms with van der Waals surface area (Å²) in [4.78, 5) is 12.4. The summed E-state index contributed by atoms with van der Waals surface area (Å²) in [5.74, 6) is 0.350. The first-order chi connectivity index (χ1) is 11.4. The normalized spacial score (nSPS) is 10.9. The van der Waals surface area contributed by atoms with E-state index in [1.54, 1.807) is 13.2 Å². The van der Waals surface area contributed by atoms with Crippen molar-refractivity contribution in [1.82, 2.24) is 0 Å². The Morgan fingerprint density at radius 3 is 2.46 bits per heavy atom. The predicted octanol–water partition coefficient (Wildman–Crippen LogP) is 4.17. The van der Waals surface area contributed by atoms with Crippen molar-refractivity contribution < 1.29 is 9.53 Å². The first kappa shape index (κ1) is 17.3. The first-order valence-electron chi connectivity index (χ1n) is 7.59. The van der Waals surface area contributed by atoms with Gasteiger partial charge in [-0.25, -0.2) is 0 Å². The van der Waals surface area contributed by atoms with E-state index in [0.29, 0.717) is 5.69 Å². The summed E-state index contributed by atoms with van der Waals surface area (Å²) >= 11 is 0. The fourth-order valence-electron chi connectivity index (χ4n) is 2.45. The third-order valence-corrected chi connectivity index (χ3v) is 3.73. The van der Waals surface area contributed by atoms with Gasteiger partial charge >= 0.3 is 0 Å². The van der Waals surface area contributed by atoms with E-state index in [4.69, 9.17) is 4.74 Å². The van der Waals surface area contributed by atoms with Crippen LogP contribution in [0.15, 0.2) is 42.0 Å². The highest BCUT2D eigenvalue weighted by Crippen LogP contribution is 2.21. The van der Waals surface area contributed by atoms with Crippen LogP contribution in [0.3, 0.4) is 0 Å². The van der Waals surface area contributed by atoms with Gasteiger partial charge in [0.1, 0.15) is 17.4 Å². The number of rotatable bonds is 4. The topological polar surface area (TPSA) is 62.1 Å². The molecule has 0 atom stereocenters. The van der Waals surface area contributed by atoms with Crippen LogP contribution < -0.4 is 10.1 Å². The molecule has 0 heterocycles. The molecule has 1 N–H and O–H groups in total. The van der Waals surface area contributed by atoms with Gasteiger partial charge in [-0.1, -0.05) is 23.8 Å². The summed E-state index contributed by atoms with van der Waals surface area (Å²) in [5, 5.41) is 12.1. The maximum absolute atomic E-state index is 12.4. The van der Waals surface area contributed by atoms with Crippen LogP contribution in [0.1, 0.15) is 22.3 Å². The first-order valence-corrected chi connectivity index (χ1v) is 7.59. The minimum absolute atomic E-state index is 0.0551. The fourth-order valence-corrected chi connectivity index (χ4v) is 2.45. The highest BCUT2D eigenvalue weighted by atomic mass is 16.5. The van der Waals surface area contributed by atoms with Gasteiger partial charge in [-0.3, -0.25) is 4.79 Å². The summed E-state index contributed by atoms with van der Waals surface area (Å²) < 4.78 is 5.22. The number of hydrogen-bond donors (Lipinski definition) is 1. The number of amides is 1. The molecule has 0 aliphatic carbocycles. The Morgan fingerprint density at radius 1 is 1.12 bits per heavy atom. The molecule has 122 valence electrons. The molecule has 2 aromatic rings. The number of methoxy groups -OCH3 is 1. The van der Waals surface area contributed by atoms with Gasteiger partial charge in [0.2, 0.25) is 0 Å². The number of nitrogens with one attached hydrogen (secondary N) is 1. The Morgan fingerprint density at radius 2 is 1.88 bits per heavy atom. The molecule has 0 unspecified atom stereocenters. The third-order valence-electron chi connectivity index (χ3n) is 3.73. The zero-order chi connectivity index (χ0) is 17.7. The lowest BCUT2D eigenvalue weighted by molar-refractivity contribution is -0.112. The van der Waals surface area contributed by atoms with Crippen LogP contribution in [0.5, 0.6) is 5.75 Å². The number of carbonyl (C=O) groups is 1. The van der Waals surface area contributed by atoms with Gasteiger partial charge in [0.25, 0.3) is 5.91 Å². The number of ether oxygens (including phenoxy) is 1. The van der Waals surface area contributed by atoms with E-state index < -0.39 is 5.91 Å². The van der Waals surface area contributed by atoms with Crippen LogP contribution in [-0.2, 0) is 4.79 Å². The lowest BCUT2D eigenvalue weighted by Gasteiger charge is -2.09. The molecule has 0 saturated carbocycles. The van der Waals surface area contributed by atoms with Crippen LogP contribution in [0.2, 0.25) is 0 Å². The number of benzene rings is 2. The molecule has 2 rings (SSSR count). The Bertz CT molecular complexity index is 845. The predicted molar refractivity (Wildman–Crippen MR) is 95.9 cm³/mol. The Labute approximate surface area is 142 Å². The number of carbonyl (C=O) groups excluding carboxylic acids is 1. The second-order valence-corrected chi connectivity index (χ2v) is 5.67. The van der Waals surface area contributed by atoms with Crippen molar-refractivity contribution in [2.75, 3.05) is 12.4 Å². The maximum atomic E-state index is 12.4. The van der Waals surface area contributed by atoms with Crippen LogP contribution in [0.4, 0.5) is 5.69 Å². The molecule has 4 heteroatoms. The third kappa shape index (κ3) is 4.02. The van der Waals surface area contributed by atoms with Crippen LogP contribution in [-0.4, -0.2) is 13.0 Å². The quantitative estimate of drug-likeness (QED) is 0.679. The molecule has 0 fully saturated rings. The second kappa shape index (κ2) is 7.47. The minimum Gasteiger partial charge on any atom is -0.496 e. The van der Waals surface area contributed by atoms with Crippen molar-refractivity contribution in [3.8, 4) is 11.8 Å². The van der Waals surface area contributed by atoms with E-state index >= 15 is 0 Å². The lowest BCUT2D eigenvalue weighted by atomic mass is 10.1. The molecule has 0 radical (unpaired) electrons. The average molecular weight is 320 g/mol. The van der Waals surface area contributed by atoms with Gasteiger partial charge in [0.05, 0.1) is 7.11 Å². The molecule has 1 amide bonds. The second-order valence-electron chi connectivity index (χ2n) is 5.67. The highest BCUT2D eigenvalue weighted by molar-refractivity contribution is 6.10. The lowest BCUT2D eigenvalue weighted by Crippen LogP contribution is -2.14. The summed E-state index contributed by atoms with van der Waals surface area (Å²) in [6, 6.07) is 13.2. The van der Waals surface area contributed by atoms with Crippen molar-refractivity contribution in [3.63, 3.8) is 0 Å². The van der Waals surface area contributed by atoms with Gasteiger partial charge in [-0.15, -0.1) is 0 Å². The summed E-state index contributed by atoms with van der Waals surface area (Å²) in [7, 11) is 1.61. The summed E-state index contributed by atoms with van der Waals surface area (Å²) in [5.41, 5.74) is 4.56. The summed E-state index contributed by atoms with van der Waals surface area (Å²) in [6.45, 7) is 5.83. The molecule has 0 aliphatic heterocycles. The van der Waals surface area contributed by atoms with E-state index in [2.05, 4.69) is 5.32 Å². The number of hydrogen-bond acceptors (Lipinski definition) is 3. The largest absolute Gasteiger partial charge is 0.496 e. The van der Waals surface area contributed by atoms with Gasteiger partial charge in [0.15, 0.2) is 0 Å². The van der Waals surface area contributed by atoms with E-state index in [-0.39, 0.29) is 5.57 Å². The van der Waals surface area contributed by atoms with Gasteiger partial charge in [-0.2, -0.15) is 5.26 Å². The van der Waals surface area contributed by atoms with E-state index in [9.17, 15) is 10.1 Å². The number of nitriles is 1. The monoisotopic (exact) mass is 320 g/mol. The minimum atomic E-state index is -0.419. The number of nitrogens with zero attached hydrogens (tertiary/aromatic N) is 1. The number of anilines is 1. The van der Waals surface area contributed by atoms with Crippen molar-refractivity contribution in [3.05, 3.63) is 64.2 Å². The zero-order valence-electron chi connectivity index (χ0n) is 14.3. The zero-order valence-corrected chi connectivity index (χ0v) is 14.3.